The monoisotopic (exact) mass is 407 g/mol. The zero-order valence-electron chi connectivity index (χ0n) is 15.4. The first-order valence-corrected chi connectivity index (χ1v) is 10.1. The summed E-state index contributed by atoms with van der Waals surface area (Å²) in [6, 6.07) is 13.3. The van der Waals surface area contributed by atoms with Crippen molar-refractivity contribution in [2.75, 3.05) is 36.0 Å². The minimum Gasteiger partial charge on any atom is -0.368 e. The van der Waals surface area contributed by atoms with E-state index in [2.05, 4.69) is 22.0 Å². The molecule has 0 amide bonds. The summed E-state index contributed by atoms with van der Waals surface area (Å²) in [5, 5.41) is 13.9. The van der Waals surface area contributed by atoms with Gasteiger partial charge in [0.1, 0.15) is 5.69 Å². The number of piperazine rings is 1. The third-order valence-electron chi connectivity index (χ3n) is 5.31. The summed E-state index contributed by atoms with van der Waals surface area (Å²) in [6.45, 7) is 2.86. The van der Waals surface area contributed by atoms with Crippen molar-refractivity contribution >= 4 is 44.3 Å². The summed E-state index contributed by atoms with van der Waals surface area (Å²) < 4.78 is 1.81. The molecule has 2 aromatic heterocycles. The number of aromatic nitrogens is 2. The molecule has 1 aliphatic rings. The highest BCUT2D eigenvalue weighted by molar-refractivity contribution is 7.15. The average molecular weight is 407 g/mol. The molecule has 2 aromatic carbocycles. The molecule has 0 atom stereocenters. The number of nitro benzene ring substituents is 1. The zero-order chi connectivity index (χ0) is 20.0. The molecular weight excluding hydrogens is 390 g/mol. The van der Waals surface area contributed by atoms with Crippen molar-refractivity contribution in [3.63, 3.8) is 0 Å². The van der Waals surface area contributed by atoms with Crippen molar-refractivity contribution in [2.45, 2.75) is 0 Å². The van der Waals surface area contributed by atoms with Gasteiger partial charge in [-0.1, -0.05) is 18.2 Å². The summed E-state index contributed by atoms with van der Waals surface area (Å²) >= 11 is 1.36. The minimum atomic E-state index is -0.439. The molecule has 0 radical (unpaired) electrons. The molecule has 4 aromatic rings. The van der Waals surface area contributed by atoms with Gasteiger partial charge in [0.2, 0.25) is 0 Å². The smallest absolute Gasteiger partial charge is 0.293 e. The van der Waals surface area contributed by atoms with Crippen molar-refractivity contribution < 1.29 is 4.92 Å². The van der Waals surface area contributed by atoms with Crippen LogP contribution in [0.25, 0.3) is 15.9 Å². The van der Waals surface area contributed by atoms with Crippen molar-refractivity contribution in [3.05, 3.63) is 74.5 Å². The number of rotatable bonds is 3. The van der Waals surface area contributed by atoms with Crippen molar-refractivity contribution in [1.82, 2.24) is 9.38 Å². The van der Waals surface area contributed by atoms with Crippen molar-refractivity contribution in [3.8, 4) is 0 Å². The predicted molar refractivity (Wildman–Crippen MR) is 114 cm³/mol. The minimum absolute atomic E-state index is 0.0558. The standard InChI is InChI=1S/C20H17N5O3S/c26-19-15-12-18(25(27)28)17(13-16(15)24-10-11-29-20(24)21-19)23-8-6-22(7-9-23)14-4-2-1-3-5-14/h1-5,10-13H,6-9H2. The summed E-state index contributed by atoms with van der Waals surface area (Å²) in [5.74, 6) is 0. The Morgan fingerprint density at radius 1 is 1.03 bits per heavy atom. The normalized spacial score (nSPS) is 14.6. The van der Waals surface area contributed by atoms with Crippen molar-refractivity contribution in [2.24, 2.45) is 0 Å². The molecule has 0 aliphatic carbocycles. The van der Waals surface area contributed by atoms with E-state index in [0.717, 1.165) is 18.8 Å². The Balaban J connectivity index is 1.56. The van der Waals surface area contributed by atoms with E-state index in [1.54, 1.807) is 6.07 Å². The fraction of sp³-hybridized carbons (Fsp3) is 0.200. The molecular formula is C20H17N5O3S. The average Bonchev–Trinajstić information content (AvgIpc) is 3.22. The van der Waals surface area contributed by atoms with Crippen LogP contribution < -0.4 is 15.4 Å². The Morgan fingerprint density at radius 3 is 2.48 bits per heavy atom. The number of thiazole rings is 1. The number of anilines is 2. The molecule has 0 bridgehead atoms. The van der Waals surface area contributed by atoms with Crippen LogP contribution in [0.5, 0.6) is 0 Å². The summed E-state index contributed by atoms with van der Waals surface area (Å²) in [7, 11) is 0. The Bertz CT molecular complexity index is 1280. The number of nitro groups is 1. The van der Waals surface area contributed by atoms with E-state index in [1.807, 2.05) is 39.1 Å². The third-order valence-corrected chi connectivity index (χ3v) is 6.06. The van der Waals surface area contributed by atoms with E-state index in [4.69, 9.17) is 0 Å². The lowest BCUT2D eigenvalue weighted by molar-refractivity contribution is -0.384. The fourth-order valence-corrected chi connectivity index (χ4v) is 4.58. The fourth-order valence-electron chi connectivity index (χ4n) is 3.86. The second kappa shape index (κ2) is 6.85. The number of nitrogens with zero attached hydrogens (tertiary/aromatic N) is 5. The SMILES string of the molecule is O=c1nc2sccn2c2cc(N3CCN(c4ccccc4)CC3)c([N+](=O)[O-])cc12. The predicted octanol–water partition coefficient (Wildman–Crippen LogP) is 3.14. The number of hydrogen-bond acceptors (Lipinski definition) is 7. The Hall–Kier alpha value is -3.46. The van der Waals surface area contributed by atoms with E-state index in [0.29, 0.717) is 29.3 Å². The van der Waals surface area contributed by atoms with Crippen LogP contribution in [0.1, 0.15) is 0 Å². The molecule has 8 nitrogen and oxygen atoms in total. The maximum absolute atomic E-state index is 12.4. The quantitative estimate of drug-likeness (QED) is 0.383. The van der Waals surface area contributed by atoms with E-state index in [1.165, 1.54) is 17.4 Å². The molecule has 1 aliphatic heterocycles. The second-order valence-corrected chi connectivity index (χ2v) is 7.77. The van der Waals surface area contributed by atoms with Crippen LogP contribution in [-0.4, -0.2) is 40.5 Å². The molecule has 1 fully saturated rings. The maximum Gasteiger partial charge on any atom is 0.293 e. The molecule has 0 unspecified atom stereocenters. The van der Waals surface area contributed by atoms with Gasteiger partial charge in [0.05, 0.1) is 15.8 Å². The van der Waals surface area contributed by atoms with Crippen molar-refractivity contribution in [1.29, 1.82) is 0 Å². The van der Waals surface area contributed by atoms with Gasteiger partial charge in [0, 0.05) is 49.5 Å². The van der Waals surface area contributed by atoms with Crippen LogP contribution in [0, 0.1) is 10.1 Å². The molecule has 9 heteroatoms. The lowest BCUT2D eigenvalue weighted by Crippen LogP contribution is -2.46. The van der Waals surface area contributed by atoms with Gasteiger partial charge >= 0.3 is 0 Å². The van der Waals surface area contributed by atoms with Crippen LogP contribution in [0.3, 0.4) is 0 Å². The van der Waals surface area contributed by atoms with Crippen LogP contribution >= 0.6 is 11.3 Å². The second-order valence-electron chi connectivity index (χ2n) is 6.90. The molecule has 0 spiro atoms. The highest BCUT2D eigenvalue weighted by Crippen LogP contribution is 2.33. The number of benzene rings is 2. The van der Waals surface area contributed by atoms with Gasteiger partial charge in [-0.25, -0.2) is 0 Å². The Morgan fingerprint density at radius 2 is 1.76 bits per heavy atom. The summed E-state index contributed by atoms with van der Waals surface area (Å²) in [5.41, 5.74) is 1.84. The lowest BCUT2D eigenvalue weighted by Gasteiger charge is -2.37. The highest BCUT2D eigenvalue weighted by atomic mass is 32.1. The first kappa shape index (κ1) is 17.6. The molecule has 0 saturated carbocycles. The first-order chi connectivity index (χ1) is 14.1. The molecule has 1 saturated heterocycles. The van der Waals surface area contributed by atoms with E-state index < -0.39 is 10.5 Å². The Kier molecular flexibility index (Phi) is 4.17. The van der Waals surface area contributed by atoms with E-state index in [-0.39, 0.29) is 11.1 Å². The number of hydrogen-bond donors (Lipinski definition) is 0. The summed E-state index contributed by atoms with van der Waals surface area (Å²) in [6.07, 6.45) is 1.83. The van der Waals surface area contributed by atoms with Crippen LogP contribution in [0.4, 0.5) is 17.1 Å². The van der Waals surface area contributed by atoms with Gasteiger partial charge in [0.25, 0.3) is 11.2 Å². The maximum atomic E-state index is 12.4. The summed E-state index contributed by atoms with van der Waals surface area (Å²) in [4.78, 5) is 32.6. The van der Waals surface area contributed by atoms with E-state index in [9.17, 15) is 14.9 Å². The zero-order valence-corrected chi connectivity index (χ0v) is 16.2. The van der Waals surface area contributed by atoms with Gasteiger partial charge in [-0.3, -0.25) is 19.3 Å². The molecule has 5 rings (SSSR count). The number of para-hydroxylation sites is 1. The molecule has 146 valence electrons. The van der Waals surface area contributed by atoms with Gasteiger partial charge in [-0.2, -0.15) is 4.98 Å². The van der Waals surface area contributed by atoms with Crippen LogP contribution in [0.15, 0.2) is 58.8 Å². The van der Waals surface area contributed by atoms with Crippen LogP contribution in [-0.2, 0) is 0 Å². The molecule has 29 heavy (non-hydrogen) atoms. The lowest BCUT2D eigenvalue weighted by atomic mass is 10.1. The van der Waals surface area contributed by atoms with Gasteiger partial charge in [-0.15, -0.1) is 11.3 Å². The van der Waals surface area contributed by atoms with Gasteiger partial charge < -0.3 is 9.80 Å². The Labute approximate surface area is 169 Å². The number of fused-ring (bicyclic) bond motifs is 3. The highest BCUT2D eigenvalue weighted by Gasteiger charge is 2.26. The first-order valence-electron chi connectivity index (χ1n) is 9.25. The van der Waals surface area contributed by atoms with Crippen LogP contribution in [0.2, 0.25) is 0 Å². The van der Waals surface area contributed by atoms with Gasteiger partial charge in [0.15, 0.2) is 4.96 Å². The third kappa shape index (κ3) is 2.99. The van der Waals surface area contributed by atoms with E-state index >= 15 is 0 Å². The topological polar surface area (TPSA) is 84.0 Å². The van der Waals surface area contributed by atoms with Gasteiger partial charge in [-0.05, 0) is 18.2 Å². The molecule has 0 N–H and O–H groups in total. The largest absolute Gasteiger partial charge is 0.368 e. The molecule has 3 heterocycles.